The highest BCUT2D eigenvalue weighted by atomic mass is 32.1. The van der Waals surface area contributed by atoms with Crippen molar-refractivity contribution in [2.24, 2.45) is 10.7 Å². The number of aliphatic imine (C=N–C) groups is 1. The number of rotatable bonds is 4. The van der Waals surface area contributed by atoms with Crippen molar-refractivity contribution >= 4 is 28.1 Å². The van der Waals surface area contributed by atoms with Gasteiger partial charge in [0, 0.05) is 23.2 Å². The molecule has 5 nitrogen and oxygen atoms in total. The third kappa shape index (κ3) is 2.54. The normalized spacial score (nSPS) is 15.7. The second kappa shape index (κ2) is 4.96. The van der Waals surface area contributed by atoms with E-state index in [4.69, 9.17) is 5.73 Å². The van der Waals surface area contributed by atoms with Crippen molar-refractivity contribution in [3.63, 3.8) is 0 Å². The maximum atomic E-state index is 5.99. The monoisotopic (exact) mass is 297 g/mol. The number of nitrogens with two attached hydrogens (primary N) is 1. The first-order chi connectivity index (χ1) is 10.3. The molecule has 106 valence electrons. The van der Waals surface area contributed by atoms with Crippen LogP contribution in [-0.2, 0) is 6.54 Å². The highest BCUT2D eigenvalue weighted by Crippen LogP contribution is 2.24. The summed E-state index contributed by atoms with van der Waals surface area (Å²) < 4.78 is 2.15. The molecule has 0 atom stereocenters. The molecule has 0 spiro atoms. The Balaban J connectivity index is 1.58. The molecule has 6 heteroatoms. The quantitative estimate of drug-likeness (QED) is 0.594. The maximum absolute atomic E-state index is 5.99. The van der Waals surface area contributed by atoms with Gasteiger partial charge < -0.3 is 10.3 Å². The topological polar surface area (TPSA) is 69.1 Å². The zero-order valence-corrected chi connectivity index (χ0v) is 12.3. The minimum Gasteiger partial charge on any atom is -0.382 e. The highest BCUT2D eigenvalue weighted by molar-refractivity contribution is 7.09. The third-order valence-corrected chi connectivity index (χ3v) is 4.40. The molecule has 4 rings (SSSR count). The number of amidine groups is 1. The van der Waals surface area contributed by atoms with E-state index in [1.54, 1.807) is 11.3 Å². The lowest BCUT2D eigenvalue weighted by Gasteiger charge is -2.01. The van der Waals surface area contributed by atoms with Crippen molar-refractivity contribution in [2.75, 3.05) is 0 Å². The summed E-state index contributed by atoms with van der Waals surface area (Å²) in [4.78, 5) is 13.2. The molecule has 1 aliphatic rings. The van der Waals surface area contributed by atoms with Crippen LogP contribution >= 0.6 is 11.3 Å². The van der Waals surface area contributed by atoms with Crippen LogP contribution in [0.4, 0.5) is 0 Å². The fourth-order valence-corrected chi connectivity index (χ4v) is 3.07. The van der Waals surface area contributed by atoms with Crippen LogP contribution < -0.4 is 5.73 Å². The van der Waals surface area contributed by atoms with Gasteiger partial charge in [-0.05, 0) is 25.0 Å². The molecular formula is C15H15N5S. The predicted molar refractivity (Wildman–Crippen MR) is 84.7 cm³/mol. The minimum atomic E-state index is 0.426. The molecule has 3 heterocycles. The first-order valence-electron chi connectivity index (χ1n) is 6.96. The molecule has 0 aromatic carbocycles. The summed E-state index contributed by atoms with van der Waals surface area (Å²) in [6.07, 6.45) is 8.06. The van der Waals surface area contributed by atoms with Crippen LogP contribution in [0.3, 0.4) is 0 Å². The van der Waals surface area contributed by atoms with Gasteiger partial charge in [0.25, 0.3) is 0 Å². The zero-order valence-electron chi connectivity index (χ0n) is 11.4. The molecule has 0 saturated heterocycles. The van der Waals surface area contributed by atoms with Crippen LogP contribution in [0.15, 0.2) is 41.1 Å². The SMILES string of the molecule is NC(=NC1CC1)c1csc(Cn2ccc3ccncc32)n1. The molecule has 3 aromatic rings. The number of hydrogen-bond acceptors (Lipinski definition) is 4. The van der Waals surface area contributed by atoms with Gasteiger partial charge in [-0.3, -0.25) is 9.98 Å². The van der Waals surface area contributed by atoms with E-state index in [0.29, 0.717) is 11.9 Å². The predicted octanol–water partition coefficient (Wildman–Crippen LogP) is 2.41. The van der Waals surface area contributed by atoms with Gasteiger partial charge in [-0.2, -0.15) is 0 Å². The maximum Gasteiger partial charge on any atom is 0.145 e. The molecular weight excluding hydrogens is 282 g/mol. The molecule has 2 N–H and O–H groups in total. The summed E-state index contributed by atoms with van der Waals surface area (Å²) in [6.45, 7) is 0.733. The Morgan fingerprint density at radius 2 is 2.33 bits per heavy atom. The molecule has 1 aliphatic carbocycles. The summed E-state index contributed by atoms with van der Waals surface area (Å²) >= 11 is 1.62. The van der Waals surface area contributed by atoms with Gasteiger partial charge in [-0.25, -0.2) is 4.98 Å². The van der Waals surface area contributed by atoms with Crippen LogP contribution in [-0.4, -0.2) is 26.4 Å². The highest BCUT2D eigenvalue weighted by Gasteiger charge is 2.21. The summed E-state index contributed by atoms with van der Waals surface area (Å²) in [7, 11) is 0. The average molecular weight is 297 g/mol. The van der Waals surface area contributed by atoms with Crippen LogP contribution in [0.5, 0.6) is 0 Å². The van der Waals surface area contributed by atoms with Crippen molar-refractivity contribution in [3.05, 3.63) is 46.8 Å². The fourth-order valence-electron chi connectivity index (χ4n) is 2.28. The number of pyridine rings is 1. The third-order valence-electron chi connectivity index (χ3n) is 3.56. The van der Waals surface area contributed by atoms with Crippen LogP contribution in [0.25, 0.3) is 10.9 Å². The summed E-state index contributed by atoms with van der Waals surface area (Å²) in [6, 6.07) is 4.53. The molecule has 0 bridgehead atoms. The van der Waals surface area contributed by atoms with Crippen LogP contribution in [0.1, 0.15) is 23.5 Å². The lowest BCUT2D eigenvalue weighted by atomic mass is 10.3. The summed E-state index contributed by atoms with van der Waals surface area (Å²) in [5.74, 6) is 0.569. The zero-order chi connectivity index (χ0) is 14.2. The molecule has 21 heavy (non-hydrogen) atoms. The van der Waals surface area contributed by atoms with E-state index in [1.807, 2.05) is 23.8 Å². The lowest BCUT2D eigenvalue weighted by molar-refractivity contribution is 0.825. The Labute approximate surface area is 126 Å². The number of thiazole rings is 1. The average Bonchev–Trinajstić information content (AvgIpc) is 3.04. The van der Waals surface area contributed by atoms with E-state index >= 15 is 0 Å². The van der Waals surface area contributed by atoms with Gasteiger partial charge in [0.05, 0.1) is 24.3 Å². The van der Waals surface area contributed by atoms with Crippen LogP contribution in [0.2, 0.25) is 0 Å². The van der Waals surface area contributed by atoms with E-state index in [1.165, 1.54) is 5.39 Å². The Hall–Kier alpha value is -2.21. The largest absolute Gasteiger partial charge is 0.382 e. The minimum absolute atomic E-state index is 0.426. The second-order valence-electron chi connectivity index (χ2n) is 5.25. The number of hydrogen-bond donors (Lipinski definition) is 1. The summed E-state index contributed by atoms with van der Waals surface area (Å²) in [5.41, 5.74) is 7.91. The smallest absolute Gasteiger partial charge is 0.145 e. The number of nitrogens with zero attached hydrogens (tertiary/aromatic N) is 4. The first kappa shape index (κ1) is 12.5. The van der Waals surface area contributed by atoms with E-state index in [0.717, 1.165) is 35.6 Å². The van der Waals surface area contributed by atoms with E-state index in [9.17, 15) is 0 Å². The Kier molecular flexibility index (Phi) is 2.96. The molecule has 1 saturated carbocycles. The van der Waals surface area contributed by atoms with Crippen molar-refractivity contribution in [2.45, 2.75) is 25.4 Å². The van der Waals surface area contributed by atoms with Gasteiger partial charge in [0.15, 0.2) is 0 Å². The molecule has 3 aromatic heterocycles. The van der Waals surface area contributed by atoms with Gasteiger partial charge in [0.1, 0.15) is 16.5 Å². The first-order valence-corrected chi connectivity index (χ1v) is 7.84. The Morgan fingerprint density at radius 3 is 3.19 bits per heavy atom. The van der Waals surface area contributed by atoms with Crippen molar-refractivity contribution in [1.82, 2.24) is 14.5 Å². The number of fused-ring (bicyclic) bond motifs is 1. The molecule has 0 unspecified atom stereocenters. The standard InChI is InChI=1S/C15H15N5S/c16-15(18-11-1-2-11)12-9-21-14(19-12)8-20-6-4-10-3-5-17-7-13(10)20/h3-7,9,11H,1-2,8H2,(H2,16,18). The van der Waals surface area contributed by atoms with Crippen molar-refractivity contribution in [3.8, 4) is 0 Å². The second-order valence-corrected chi connectivity index (χ2v) is 6.19. The lowest BCUT2D eigenvalue weighted by Crippen LogP contribution is -2.15. The van der Waals surface area contributed by atoms with Gasteiger partial charge >= 0.3 is 0 Å². The van der Waals surface area contributed by atoms with Crippen LogP contribution in [0, 0.1) is 0 Å². The van der Waals surface area contributed by atoms with E-state index < -0.39 is 0 Å². The molecule has 0 radical (unpaired) electrons. The molecule has 1 fully saturated rings. The van der Waals surface area contributed by atoms with Crippen molar-refractivity contribution < 1.29 is 0 Å². The van der Waals surface area contributed by atoms with Gasteiger partial charge in [0.2, 0.25) is 0 Å². The summed E-state index contributed by atoms with van der Waals surface area (Å²) in [5, 5.41) is 4.21. The van der Waals surface area contributed by atoms with Gasteiger partial charge in [-0.15, -0.1) is 11.3 Å². The van der Waals surface area contributed by atoms with E-state index in [-0.39, 0.29) is 0 Å². The fraction of sp³-hybridized carbons (Fsp3) is 0.267. The molecule has 0 amide bonds. The molecule has 0 aliphatic heterocycles. The number of aromatic nitrogens is 3. The Bertz CT molecular complexity index is 812. The Morgan fingerprint density at radius 1 is 1.43 bits per heavy atom. The van der Waals surface area contributed by atoms with Gasteiger partial charge in [-0.1, -0.05) is 0 Å². The van der Waals surface area contributed by atoms with Crippen molar-refractivity contribution in [1.29, 1.82) is 0 Å². The van der Waals surface area contributed by atoms with E-state index in [2.05, 4.69) is 31.8 Å².